The lowest BCUT2D eigenvalue weighted by Gasteiger charge is -2.12. The molecule has 2 aromatic rings. The Morgan fingerprint density at radius 2 is 2.15 bits per heavy atom. The first-order valence-corrected chi connectivity index (χ1v) is 7.22. The summed E-state index contributed by atoms with van der Waals surface area (Å²) < 4.78 is 0. The number of carbonyl (C=O) groups excluding carboxylic acids is 1. The van der Waals surface area contributed by atoms with E-state index in [1.165, 1.54) is 23.8 Å². The van der Waals surface area contributed by atoms with Gasteiger partial charge in [0.05, 0.1) is 0 Å². The topological polar surface area (TPSA) is 55.1 Å². The summed E-state index contributed by atoms with van der Waals surface area (Å²) in [4.78, 5) is 12.1. The van der Waals surface area contributed by atoms with E-state index < -0.39 is 0 Å². The summed E-state index contributed by atoms with van der Waals surface area (Å²) in [5, 5.41) is 5.31. The van der Waals surface area contributed by atoms with Gasteiger partial charge < -0.3 is 11.1 Å². The Kier molecular flexibility index (Phi) is 3.45. The van der Waals surface area contributed by atoms with Crippen molar-refractivity contribution in [3.8, 4) is 0 Å². The van der Waals surface area contributed by atoms with E-state index in [-0.39, 0.29) is 11.9 Å². The van der Waals surface area contributed by atoms with Gasteiger partial charge in [-0.25, -0.2) is 0 Å². The molecule has 2 aromatic carbocycles. The molecule has 104 valence electrons. The molecule has 0 saturated heterocycles. The molecule has 3 N–H and O–H groups in total. The molecule has 0 radical (unpaired) electrons. The van der Waals surface area contributed by atoms with Crippen LogP contribution in [0.15, 0.2) is 36.4 Å². The highest BCUT2D eigenvalue weighted by atomic mass is 16.1. The standard InChI is InChI=1S/C17H20N2O/c1-11(10-18)19-17(20)14-7-8-16-13(9-14)3-2-4-15(16)12-5-6-12/h2-4,7-9,11-12H,5-6,10,18H2,1H3,(H,19,20)/t11-/m0/s1. The normalized spacial score (nSPS) is 16.1. The van der Waals surface area contributed by atoms with E-state index in [0.29, 0.717) is 12.1 Å². The van der Waals surface area contributed by atoms with E-state index in [2.05, 4.69) is 29.6 Å². The molecule has 1 amide bonds. The highest BCUT2D eigenvalue weighted by Gasteiger charge is 2.25. The Hall–Kier alpha value is -1.87. The number of amides is 1. The SMILES string of the molecule is C[C@@H](CN)NC(=O)c1ccc2c(C3CC3)cccc2c1. The number of fused-ring (bicyclic) bond motifs is 1. The van der Waals surface area contributed by atoms with Crippen LogP contribution >= 0.6 is 0 Å². The number of hydrogen-bond donors (Lipinski definition) is 2. The van der Waals surface area contributed by atoms with Crippen LogP contribution < -0.4 is 11.1 Å². The van der Waals surface area contributed by atoms with Crippen molar-refractivity contribution in [3.63, 3.8) is 0 Å². The second kappa shape index (κ2) is 5.25. The van der Waals surface area contributed by atoms with Gasteiger partial charge in [-0.1, -0.05) is 24.3 Å². The molecule has 0 aromatic heterocycles. The van der Waals surface area contributed by atoms with Crippen LogP contribution in [-0.2, 0) is 0 Å². The average molecular weight is 268 g/mol. The zero-order valence-corrected chi connectivity index (χ0v) is 11.7. The Balaban J connectivity index is 1.93. The lowest BCUT2D eigenvalue weighted by molar-refractivity contribution is 0.0941. The van der Waals surface area contributed by atoms with Crippen LogP contribution in [0.3, 0.4) is 0 Å². The van der Waals surface area contributed by atoms with Crippen molar-refractivity contribution in [3.05, 3.63) is 47.5 Å². The average Bonchev–Trinajstić information content (AvgIpc) is 3.30. The van der Waals surface area contributed by atoms with Gasteiger partial charge >= 0.3 is 0 Å². The third kappa shape index (κ3) is 2.54. The predicted molar refractivity (Wildman–Crippen MR) is 81.9 cm³/mol. The molecule has 3 heteroatoms. The van der Waals surface area contributed by atoms with Gasteiger partial charge in [-0.3, -0.25) is 4.79 Å². The van der Waals surface area contributed by atoms with E-state index >= 15 is 0 Å². The molecule has 3 rings (SSSR count). The van der Waals surface area contributed by atoms with Gasteiger partial charge in [-0.15, -0.1) is 0 Å². The molecule has 1 fully saturated rings. The lowest BCUT2D eigenvalue weighted by atomic mass is 9.99. The van der Waals surface area contributed by atoms with E-state index in [9.17, 15) is 4.79 Å². The maximum absolute atomic E-state index is 12.1. The summed E-state index contributed by atoms with van der Waals surface area (Å²) >= 11 is 0. The molecule has 20 heavy (non-hydrogen) atoms. The molecule has 1 saturated carbocycles. The summed E-state index contributed by atoms with van der Waals surface area (Å²) in [7, 11) is 0. The fraction of sp³-hybridized carbons (Fsp3) is 0.353. The zero-order chi connectivity index (χ0) is 14.1. The lowest BCUT2D eigenvalue weighted by Crippen LogP contribution is -2.37. The van der Waals surface area contributed by atoms with Gasteiger partial charge in [-0.2, -0.15) is 0 Å². The van der Waals surface area contributed by atoms with Gasteiger partial charge in [0.1, 0.15) is 0 Å². The van der Waals surface area contributed by atoms with E-state index in [4.69, 9.17) is 5.73 Å². The van der Waals surface area contributed by atoms with Crippen molar-refractivity contribution in [1.82, 2.24) is 5.32 Å². The molecule has 0 heterocycles. The van der Waals surface area contributed by atoms with Crippen molar-refractivity contribution < 1.29 is 4.79 Å². The first-order chi connectivity index (χ1) is 9.69. The van der Waals surface area contributed by atoms with Crippen molar-refractivity contribution >= 4 is 16.7 Å². The van der Waals surface area contributed by atoms with Crippen LogP contribution in [0.4, 0.5) is 0 Å². The molecule has 0 bridgehead atoms. The summed E-state index contributed by atoms with van der Waals surface area (Å²) in [6.07, 6.45) is 2.57. The Bertz CT molecular complexity index is 646. The van der Waals surface area contributed by atoms with Crippen LogP contribution in [0.5, 0.6) is 0 Å². The van der Waals surface area contributed by atoms with Gasteiger partial charge in [0.15, 0.2) is 0 Å². The van der Waals surface area contributed by atoms with Gasteiger partial charge in [0.2, 0.25) is 0 Å². The summed E-state index contributed by atoms with van der Waals surface area (Å²) in [5.41, 5.74) is 7.66. The third-order valence-electron chi connectivity index (χ3n) is 3.92. The number of benzene rings is 2. The van der Waals surface area contributed by atoms with E-state index in [1.54, 1.807) is 0 Å². The van der Waals surface area contributed by atoms with Crippen molar-refractivity contribution in [2.24, 2.45) is 5.73 Å². The summed E-state index contributed by atoms with van der Waals surface area (Å²) in [6.45, 7) is 2.36. The highest BCUT2D eigenvalue weighted by molar-refractivity contribution is 5.99. The molecule has 0 aliphatic heterocycles. The molecule has 1 aliphatic carbocycles. The fourth-order valence-electron chi connectivity index (χ4n) is 2.57. The van der Waals surface area contributed by atoms with Crippen molar-refractivity contribution in [1.29, 1.82) is 0 Å². The Morgan fingerprint density at radius 3 is 2.85 bits per heavy atom. The second-order valence-electron chi connectivity index (χ2n) is 5.67. The van der Waals surface area contributed by atoms with Gasteiger partial charge in [0.25, 0.3) is 5.91 Å². The maximum atomic E-state index is 12.1. The first-order valence-electron chi connectivity index (χ1n) is 7.22. The molecular weight excluding hydrogens is 248 g/mol. The smallest absolute Gasteiger partial charge is 0.251 e. The van der Waals surface area contributed by atoms with Crippen molar-refractivity contribution in [2.45, 2.75) is 31.7 Å². The van der Waals surface area contributed by atoms with E-state index in [1.807, 2.05) is 19.1 Å². The number of carbonyl (C=O) groups is 1. The number of nitrogens with two attached hydrogens (primary N) is 1. The summed E-state index contributed by atoms with van der Waals surface area (Å²) in [5.74, 6) is 0.664. The monoisotopic (exact) mass is 268 g/mol. The minimum atomic E-state index is -0.0540. The van der Waals surface area contributed by atoms with Crippen LogP contribution in [-0.4, -0.2) is 18.5 Å². The van der Waals surface area contributed by atoms with Gasteiger partial charge in [-0.05, 0) is 54.2 Å². The maximum Gasteiger partial charge on any atom is 0.251 e. The van der Waals surface area contributed by atoms with Crippen LogP contribution in [0.25, 0.3) is 10.8 Å². The second-order valence-corrected chi connectivity index (χ2v) is 5.67. The molecule has 1 aliphatic rings. The number of nitrogens with one attached hydrogen (secondary N) is 1. The molecule has 0 spiro atoms. The Labute approximate surface area is 119 Å². The van der Waals surface area contributed by atoms with Crippen LogP contribution in [0, 0.1) is 0 Å². The van der Waals surface area contributed by atoms with E-state index in [0.717, 1.165) is 11.3 Å². The minimum Gasteiger partial charge on any atom is -0.348 e. The zero-order valence-electron chi connectivity index (χ0n) is 11.7. The number of rotatable bonds is 4. The minimum absolute atomic E-state index is 0.00371. The van der Waals surface area contributed by atoms with Gasteiger partial charge in [0, 0.05) is 18.2 Å². The molecular formula is C17H20N2O. The van der Waals surface area contributed by atoms with Crippen LogP contribution in [0.1, 0.15) is 41.6 Å². The quantitative estimate of drug-likeness (QED) is 0.896. The largest absolute Gasteiger partial charge is 0.348 e. The molecule has 3 nitrogen and oxygen atoms in total. The molecule has 1 atom stereocenters. The molecule has 0 unspecified atom stereocenters. The fourth-order valence-corrected chi connectivity index (χ4v) is 2.57. The summed E-state index contributed by atoms with van der Waals surface area (Å²) in [6, 6.07) is 12.3. The predicted octanol–water partition coefficient (Wildman–Crippen LogP) is 2.79. The third-order valence-corrected chi connectivity index (χ3v) is 3.92. The Morgan fingerprint density at radius 1 is 1.35 bits per heavy atom. The number of hydrogen-bond acceptors (Lipinski definition) is 2. The highest BCUT2D eigenvalue weighted by Crippen LogP contribution is 2.43. The first kappa shape index (κ1) is 13.1. The van der Waals surface area contributed by atoms with Crippen LogP contribution in [0.2, 0.25) is 0 Å². The van der Waals surface area contributed by atoms with Crippen molar-refractivity contribution in [2.75, 3.05) is 6.54 Å².